The van der Waals surface area contributed by atoms with Gasteiger partial charge in [-0.3, -0.25) is 9.36 Å². The van der Waals surface area contributed by atoms with Gasteiger partial charge in [-0.05, 0) is 49.2 Å². The number of thioether (sulfide) groups is 1. The number of hydrogen-bond acceptors (Lipinski definition) is 8. The first-order chi connectivity index (χ1) is 16.9. The van der Waals surface area contributed by atoms with Gasteiger partial charge in [0.1, 0.15) is 10.6 Å². The van der Waals surface area contributed by atoms with Gasteiger partial charge in [0, 0.05) is 17.1 Å². The molecule has 2 aromatic carbocycles. The van der Waals surface area contributed by atoms with E-state index >= 15 is 0 Å². The molecule has 7 nitrogen and oxygen atoms in total. The first kappa shape index (κ1) is 22.5. The highest BCUT2D eigenvalue weighted by molar-refractivity contribution is 7.98. The molecule has 0 unspecified atom stereocenters. The van der Waals surface area contributed by atoms with E-state index in [2.05, 4.69) is 13.8 Å². The minimum atomic E-state index is -0.324. The normalized spacial score (nSPS) is 15.9. The maximum absolute atomic E-state index is 14.1. The third-order valence-electron chi connectivity index (χ3n) is 6.21. The van der Waals surface area contributed by atoms with Crippen molar-refractivity contribution in [3.05, 3.63) is 68.8 Å². The maximum Gasteiger partial charge on any atom is 0.267 e. The SMILES string of the molecule is COc1ccccc1-n1c(SCc2ccc3c(c2)OCO3)nc2sc3c(c2c1=O)CC(C)(C)OC3. The van der Waals surface area contributed by atoms with Crippen molar-refractivity contribution in [2.24, 2.45) is 0 Å². The first-order valence-corrected chi connectivity index (χ1v) is 13.1. The van der Waals surface area contributed by atoms with E-state index in [-0.39, 0.29) is 18.0 Å². The Balaban J connectivity index is 1.49. The molecule has 180 valence electrons. The standard InChI is InChI=1S/C26H24N2O5S2/c1-26(2)11-16-21(12-33-26)35-23-22(16)24(29)28(17-6-4-5-7-18(17)30-3)25(27-23)34-13-15-8-9-19-20(10-15)32-14-31-19/h4-10H,11-14H2,1-3H3. The predicted octanol–water partition coefficient (Wildman–Crippen LogP) is 5.33. The summed E-state index contributed by atoms with van der Waals surface area (Å²) in [6.07, 6.45) is 0.675. The topological polar surface area (TPSA) is 71.8 Å². The molecule has 0 bridgehead atoms. The number of para-hydroxylation sites is 2. The Morgan fingerprint density at radius 2 is 2.00 bits per heavy atom. The van der Waals surface area contributed by atoms with Crippen LogP contribution in [0.15, 0.2) is 52.4 Å². The second-order valence-electron chi connectivity index (χ2n) is 9.09. The highest BCUT2D eigenvalue weighted by Crippen LogP contribution is 2.39. The van der Waals surface area contributed by atoms with Gasteiger partial charge in [0.15, 0.2) is 16.7 Å². The number of rotatable bonds is 5. The number of ether oxygens (including phenoxy) is 4. The number of benzene rings is 2. The van der Waals surface area contributed by atoms with Crippen LogP contribution in [-0.4, -0.2) is 29.1 Å². The molecule has 0 fully saturated rings. The van der Waals surface area contributed by atoms with Gasteiger partial charge in [-0.15, -0.1) is 11.3 Å². The van der Waals surface area contributed by atoms with Crippen LogP contribution < -0.4 is 19.8 Å². The lowest BCUT2D eigenvalue weighted by Crippen LogP contribution is -2.32. The first-order valence-electron chi connectivity index (χ1n) is 11.3. The molecule has 0 amide bonds. The summed E-state index contributed by atoms with van der Waals surface area (Å²) in [7, 11) is 1.61. The van der Waals surface area contributed by atoms with Crippen molar-refractivity contribution in [2.75, 3.05) is 13.9 Å². The summed E-state index contributed by atoms with van der Waals surface area (Å²) in [6, 6.07) is 13.4. The Kier molecular flexibility index (Phi) is 5.51. The van der Waals surface area contributed by atoms with Gasteiger partial charge in [-0.25, -0.2) is 4.98 Å². The summed E-state index contributed by atoms with van der Waals surface area (Å²) in [5, 5.41) is 1.29. The summed E-state index contributed by atoms with van der Waals surface area (Å²) >= 11 is 3.06. The average molecular weight is 509 g/mol. The molecule has 2 aromatic heterocycles. The molecule has 9 heteroatoms. The van der Waals surface area contributed by atoms with E-state index in [1.165, 1.54) is 11.8 Å². The molecule has 2 aliphatic rings. The molecular formula is C26H24N2O5S2. The fourth-order valence-corrected chi connectivity index (χ4v) is 6.57. The minimum absolute atomic E-state index is 0.0807. The molecule has 2 aliphatic heterocycles. The van der Waals surface area contributed by atoms with Crippen LogP contribution in [0.1, 0.15) is 29.9 Å². The van der Waals surface area contributed by atoms with Crippen LogP contribution in [-0.2, 0) is 23.5 Å². The zero-order valence-electron chi connectivity index (χ0n) is 19.6. The van der Waals surface area contributed by atoms with E-state index in [4.69, 9.17) is 23.9 Å². The third kappa shape index (κ3) is 3.97. The lowest BCUT2D eigenvalue weighted by atomic mass is 9.94. The number of fused-ring (bicyclic) bond motifs is 4. The van der Waals surface area contributed by atoms with E-state index < -0.39 is 0 Å². The summed E-state index contributed by atoms with van der Waals surface area (Å²) in [5.41, 5.74) is 2.38. The second-order valence-corrected chi connectivity index (χ2v) is 11.1. The van der Waals surface area contributed by atoms with E-state index in [1.807, 2.05) is 42.5 Å². The van der Waals surface area contributed by atoms with Gasteiger partial charge in [0.2, 0.25) is 6.79 Å². The number of aromatic nitrogens is 2. The molecule has 6 rings (SSSR count). The number of nitrogens with zero attached hydrogens (tertiary/aromatic N) is 2. The Morgan fingerprint density at radius 1 is 1.17 bits per heavy atom. The van der Waals surface area contributed by atoms with Crippen molar-refractivity contribution in [3.8, 4) is 22.9 Å². The van der Waals surface area contributed by atoms with Gasteiger partial charge < -0.3 is 18.9 Å². The second kappa shape index (κ2) is 8.58. The highest BCUT2D eigenvalue weighted by atomic mass is 32.2. The summed E-state index contributed by atoms with van der Waals surface area (Å²) < 4.78 is 24.3. The Hall–Kier alpha value is -3.01. The van der Waals surface area contributed by atoms with Crippen LogP contribution in [0.3, 0.4) is 0 Å². The van der Waals surface area contributed by atoms with Crippen LogP contribution in [0.4, 0.5) is 0 Å². The van der Waals surface area contributed by atoms with Gasteiger partial charge in [-0.1, -0.05) is 30.0 Å². The summed E-state index contributed by atoms with van der Waals surface area (Å²) in [4.78, 5) is 20.9. The van der Waals surface area contributed by atoms with E-state index in [9.17, 15) is 4.79 Å². The molecule has 0 aliphatic carbocycles. The van der Waals surface area contributed by atoms with Gasteiger partial charge in [0.25, 0.3) is 5.56 Å². The van der Waals surface area contributed by atoms with Crippen molar-refractivity contribution in [2.45, 2.75) is 43.4 Å². The molecule has 0 spiro atoms. The third-order valence-corrected chi connectivity index (χ3v) is 8.31. The minimum Gasteiger partial charge on any atom is -0.495 e. The molecular weight excluding hydrogens is 484 g/mol. The Bertz CT molecular complexity index is 1510. The molecule has 0 radical (unpaired) electrons. The van der Waals surface area contributed by atoms with Crippen molar-refractivity contribution in [1.82, 2.24) is 9.55 Å². The van der Waals surface area contributed by atoms with Crippen LogP contribution in [0, 0.1) is 0 Å². The zero-order chi connectivity index (χ0) is 24.2. The fourth-order valence-electron chi connectivity index (χ4n) is 4.48. The van der Waals surface area contributed by atoms with Crippen LogP contribution in [0.5, 0.6) is 17.2 Å². The molecule has 0 saturated carbocycles. The van der Waals surface area contributed by atoms with Crippen LogP contribution in [0.2, 0.25) is 0 Å². The maximum atomic E-state index is 14.1. The quantitative estimate of drug-likeness (QED) is 0.267. The predicted molar refractivity (Wildman–Crippen MR) is 136 cm³/mol. The van der Waals surface area contributed by atoms with E-state index in [0.717, 1.165) is 32.3 Å². The lowest BCUT2D eigenvalue weighted by molar-refractivity contribution is -0.0379. The van der Waals surface area contributed by atoms with Crippen molar-refractivity contribution >= 4 is 33.3 Å². The van der Waals surface area contributed by atoms with E-state index in [1.54, 1.807) is 23.0 Å². The molecule has 35 heavy (non-hydrogen) atoms. The molecule has 4 heterocycles. The largest absolute Gasteiger partial charge is 0.495 e. The fraction of sp³-hybridized carbons (Fsp3) is 0.308. The summed E-state index contributed by atoms with van der Waals surface area (Å²) in [6.45, 7) is 4.85. The van der Waals surface area contributed by atoms with Crippen molar-refractivity contribution in [1.29, 1.82) is 0 Å². The van der Waals surface area contributed by atoms with Crippen LogP contribution in [0.25, 0.3) is 15.9 Å². The summed E-state index contributed by atoms with van der Waals surface area (Å²) in [5.74, 6) is 2.72. The molecule has 0 atom stereocenters. The van der Waals surface area contributed by atoms with E-state index in [0.29, 0.717) is 40.8 Å². The number of methoxy groups -OCH3 is 1. The molecule has 0 N–H and O–H groups in total. The smallest absolute Gasteiger partial charge is 0.267 e. The van der Waals surface area contributed by atoms with Crippen molar-refractivity contribution in [3.63, 3.8) is 0 Å². The lowest BCUT2D eigenvalue weighted by Gasteiger charge is -2.30. The van der Waals surface area contributed by atoms with Crippen LogP contribution >= 0.6 is 23.1 Å². The van der Waals surface area contributed by atoms with Gasteiger partial charge >= 0.3 is 0 Å². The molecule has 0 saturated heterocycles. The van der Waals surface area contributed by atoms with Gasteiger partial charge in [-0.2, -0.15) is 0 Å². The Labute approximate surface area is 210 Å². The zero-order valence-corrected chi connectivity index (χ0v) is 21.3. The average Bonchev–Trinajstić information content (AvgIpc) is 3.46. The Morgan fingerprint density at radius 3 is 2.86 bits per heavy atom. The highest BCUT2D eigenvalue weighted by Gasteiger charge is 2.32. The van der Waals surface area contributed by atoms with Gasteiger partial charge in [0.05, 0.1) is 30.4 Å². The monoisotopic (exact) mass is 508 g/mol. The number of thiophene rings is 1. The molecule has 4 aromatic rings. The number of hydrogen-bond donors (Lipinski definition) is 0. The van der Waals surface area contributed by atoms with Crippen molar-refractivity contribution < 1.29 is 18.9 Å².